The Morgan fingerprint density at radius 2 is 1.62 bits per heavy atom. The van der Waals surface area contributed by atoms with Gasteiger partial charge in [0, 0.05) is 25.4 Å². The van der Waals surface area contributed by atoms with Crippen molar-refractivity contribution in [3.63, 3.8) is 0 Å². The predicted octanol–water partition coefficient (Wildman–Crippen LogP) is 6.23. The van der Waals surface area contributed by atoms with Gasteiger partial charge in [0.05, 0.1) is 35.5 Å². The van der Waals surface area contributed by atoms with Crippen molar-refractivity contribution in [1.29, 1.82) is 0 Å². The molecule has 1 amide bonds. The van der Waals surface area contributed by atoms with Gasteiger partial charge in [0.15, 0.2) is 0 Å². The summed E-state index contributed by atoms with van der Waals surface area (Å²) >= 11 is 3.15. The lowest BCUT2D eigenvalue weighted by molar-refractivity contribution is 0.171. The van der Waals surface area contributed by atoms with E-state index in [0.29, 0.717) is 11.5 Å². The first-order valence-corrected chi connectivity index (χ1v) is 14.0. The van der Waals surface area contributed by atoms with Gasteiger partial charge in [0.2, 0.25) is 0 Å². The fourth-order valence-electron chi connectivity index (χ4n) is 1.39. The van der Waals surface area contributed by atoms with E-state index in [1.54, 1.807) is 26.2 Å². The summed E-state index contributed by atoms with van der Waals surface area (Å²) in [6.45, 7) is 7.52. The van der Waals surface area contributed by atoms with Gasteiger partial charge in [-0.3, -0.25) is 4.57 Å². The van der Waals surface area contributed by atoms with Crippen molar-refractivity contribution in [2.75, 3.05) is 14.1 Å². The maximum Gasteiger partial charge on any atom is 0.414 e. The maximum absolute atomic E-state index is 13.2. The van der Waals surface area contributed by atoms with Crippen molar-refractivity contribution in [2.45, 2.75) is 45.7 Å². The Morgan fingerprint density at radius 3 is 2.12 bits per heavy atom. The highest BCUT2D eigenvalue weighted by molar-refractivity contribution is 9.13. The Kier molecular flexibility index (Phi) is 10.5. The van der Waals surface area contributed by atoms with E-state index in [1.165, 1.54) is 16.3 Å². The summed E-state index contributed by atoms with van der Waals surface area (Å²) < 4.78 is 26.6. The molecule has 0 unspecified atom stereocenters. The molecule has 1 aromatic rings. The fraction of sp³-hybridized carbons (Fsp3) is 0.562. The van der Waals surface area contributed by atoms with Crippen LogP contribution in [0, 0.1) is 0 Å². The molecule has 10 heteroatoms. The molecule has 0 atom stereocenters. The van der Waals surface area contributed by atoms with E-state index in [9.17, 15) is 9.36 Å². The van der Waals surface area contributed by atoms with Crippen molar-refractivity contribution in [2.24, 2.45) is 0 Å². The minimum atomic E-state index is -2.91. The molecule has 0 heterocycles. The van der Waals surface area contributed by atoms with Crippen LogP contribution in [0.3, 0.4) is 0 Å². The first-order valence-electron chi connectivity index (χ1n) is 8.04. The average Bonchev–Trinajstić information content (AvgIpc) is 2.57. The van der Waals surface area contributed by atoms with Crippen molar-refractivity contribution < 1.29 is 22.5 Å². The summed E-state index contributed by atoms with van der Waals surface area (Å²) in [5.74, 6) is 0.853. The first kappa shape index (κ1) is 23.7. The van der Waals surface area contributed by atoms with Crippen LogP contribution >= 0.6 is 39.5 Å². The minimum absolute atomic E-state index is 0.0538. The number of nitrogens with zero attached hydrogens (tertiary/aromatic N) is 1. The van der Waals surface area contributed by atoms with Gasteiger partial charge in [-0.15, -0.1) is 0 Å². The van der Waals surface area contributed by atoms with E-state index in [-0.39, 0.29) is 12.2 Å². The Labute approximate surface area is 168 Å². The third-order valence-electron chi connectivity index (χ3n) is 2.57. The van der Waals surface area contributed by atoms with Crippen LogP contribution in [0.1, 0.15) is 33.3 Å². The molecule has 6 nitrogen and oxygen atoms in total. The lowest BCUT2D eigenvalue weighted by Crippen LogP contribution is -2.25. The van der Waals surface area contributed by atoms with E-state index in [4.69, 9.17) is 13.1 Å². The standard InChI is InChI=1S/C16H26NO5PS3/c1-12(2)21-25-23(19,26-22-13(3)4)24-11-14-9-7-8-10-15(14)20-16(18)17(5)6/h7-10,12-13H,11H2,1-6H3. The highest BCUT2D eigenvalue weighted by atomic mass is 33.4. The molecule has 0 fully saturated rings. The number of carbonyl (C=O) groups is 1. The minimum Gasteiger partial charge on any atom is -0.410 e. The number of carbonyl (C=O) groups excluding carboxylic acids is 1. The Balaban J connectivity index is 2.84. The van der Waals surface area contributed by atoms with E-state index in [0.717, 1.165) is 28.9 Å². The summed E-state index contributed by atoms with van der Waals surface area (Å²) in [6.07, 6.45) is -0.565. The van der Waals surface area contributed by atoms with E-state index >= 15 is 0 Å². The van der Waals surface area contributed by atoms with Crippen LogP contribution in [0.2, 0.25) is 0 Å². The quantitative estimate of drug-likeness (QED) is 0.314. The smallest absolute Gasteiger partial charge is 0.410 e. The van der Waals surface area contributed by atoms with Gasteiger partial charge in [0.1, 0.15) is 5.75 Å². The molecule has 26 heavy (non-hydrogen) atoms. The van der Waals surface area contributed by atoms with Crippen LogP contribution in [0.4, 0.5) is 4.79 Å². The van der Waals surface area contributed by atoms with Gasteiger partial charge in [-0.25, -0.2) is 4.79 Å². The number of hydrogen-bond donors (Lipinski definition) is 0. The average molecular weight is 440 g/mol. The second-order valence-corrected chi connectivity index (χ2v) is 16.5. The predicted molar refractivity (Wildman–Crippen MR) is 113 cm³/mol. The Hall–Kier alpha value is -0.310. The van der Waals surface area contributed by atoms with Crippen LogP contribution in [0.5, 0.6) is 5.75 Å². The molecule has 0 bridgehead atoms. The normalized spacial score (nSPS) is 11.8. The maximum atomic E-state index is 13.2. The molecule has 0 radical (unpaired) electrons. The lowest BCUT2D eigenvalue weighted by Gasteiger charge is -2.18. The number of benzene rings is 1. The Morgan fingerprint density at radius 1 is 1.08 bits per heavy atom. The van der Waals surface area contributed by atoms with E-state index < -0.39 is 10.8 Å². The van der Waals surface area contributed by atoms with E-state index in [1.807, 2.05) is 39.8 Å². The third kappa shape index (κ3) is 9.06. The van der Waals surface area contributed by atoms with Crippen molar-refractivity contribution in [1.82, 2.24) is 4.90 Å². The number of hydrogen-bond acceptors (Lipinski definition) is 8. The van der Waals surface area contributed by atoms with Crippen molar-refractivity contribution >= 4 is 45.5 Å². The van der Waals surface area contributed by atoms with Crippen LogP contribution in [-0.2, 0) is 18.7 Å². The second kappa shape index (κ2) is 11.5. The highest BCUT2D eigenvalue weighted by Crippen LogP contribution is 2.79. The van der Waals surface area contributed by atoms with Crippen molar-refractivity contribution in [3.05, 3.63) is 29.8 Å². The zero-order valence-corrected chi connectivity index (χ0v) is 19.2. The van der Waals surface area contributed by atoms with Gasteiger partial charge >= 0.3 is 6.09 Å². The summed E-state index contributed by atoms with van der Waals surface area (Å²) in [4.78, 5) is 13.2. The highest BCUT2D eigenvalue weighted by Gasteiger charge is 2.29. The molecule has 0 spiro atoms. The molecule has 0 aliphatic rings. The first-order chi connectivity index (χ1) is 12.1. The lowest BCUT2D eigenvalue weighted by atomic mass is 10.2. The number of para-hydroxylation sites is 1. The van der Waals surface area contributed by atoms with Gasteiger partial charge < -0.3 is 18.0 Å². The van der Waals surface area contributed by atoms with Gasteiger partial charge in [-0.2, -0.15) is 0 Å². The van der Waals surface area contributed by atoms with Crippen LogP contribution in [0.25, 0.3) is 0 Å². The molecule has 0 saturated carbocycles. The van der Waals surface area contributed by atoms with E-state index in [2.05, 4.69) is 0 Å². The molecule has 0 N–H and O–H groups in total. The topological polar surface area (TPSA) is 65.1 Å². The molecule has 1 aromatic carbocycles. The molecule has 148 valence electrons. The number of ether oxygens (including phenoxy) is 1. The summed E-state index contributed by atoms with van der Waals surface area (Å²) in [5, 5.41) is 0. The van der Waals surface area contributed by atoms with Crippen LogP contribution in [0.15, 0.2) is 24.3 Å². The van der Waals surface area contributed by atoms with Crippen molar-refractivity contribution in [3.8, 4) is 5.75 Å². The fourth-order valence-corrected chi connectivity index (χ4v) is 8.69. The van der Waals surface area contributed by atoms with Gasteiger partial charge in [-0.1, -0.05) is 29.6 Å². The third-order valence-corrected chi connectivity index (χ3v) is 11.7. The van der Waals surface area contributed by atoms with Crippen LogP contribution in [-0.4, -0.2) is 37.3 Å². The molecule has 0 aliphatic carbocycles. The van der Waals surface area contributed by atoms with Gasteiger partial charge in [-0.05, 0) is 33.8 Å². The molecule has 0 aromatic heterocycles. The largest absolute Gasteiger partial charge is 0.414 e. The summed E-state index contributed by atoms with van der Waals surface area (Å²) in [7, 11) is 3.24. The second-order valence-electron chi connectivity index (χ2n) is 6.03. The number of amides is 1. The number of rotatable bonds is 10. The Bertz CT molecular complexity index is 612. The summed E-state index contributed by atoms with van der Waals surface area (Å²) in [6, 6.07) is 7.21. The molecular weight excluding hydrogens is 413 g/mol. The monoisotopic (exact) mass is 439 g/mol. The molecule has 1 rings (SSSR count). The zero-order chi connectivity index (χ0) is 19.7. The van der Waals surface area contributed by atoms with Crippen LogP contribution < -0.4 is 4.74 Å². The summed E-state index contributed by atoms with van der Waals surface area (Å²) in [5.41, 5.74) is 0.781. The molecule has 0 saturated heterocycles. The molecule has 0 aliphatic heterocycles. The molecular formula is C16H26NO5PS3. The zero-order valence-electron chi connectivity index (χ0n) is 15.8. The SMILES string of the molecule is CC(C)OSP(=O)(SCc1ccccc1OC(=O)N(C)C)SOC(C)C. The van der Waals surface area contributed by atoms with Gasteiger partial charge in [0.25, 0.3) is 4.75 Å².